The Labute approximate surface area is 231 Å². The molecule has 3 aromatic rings. The standard InChI is InChI=1S/C29H29F3N4O3S/c30-29(31,32)40(38,39)35-23-14-15-25-24(18-23)26(28(37)34-25)27(21-8-4-3-5-9-21)33-22-12-10-20(11-13-22)19-36-16-6-1-2-7-17-36/h3-5,8-15,18,26,35H,1-2,6-7,16-17,19H2,(H,34,37). The maximum Gasteiger partial charge on any atom is 0.516 e. The zero-order valence-electron chi connectivity index (χ0n) is 21.6. The minimum absolute atomic E-state index is 0.303. The summed E-state index contributed by atoms with van der Waals surface area (Å²) in [5, 5.41) is 2.74. The molecule has 0 radical (unpaired) electrons. The number of carbonyl (C=O) groups excluding carboxylic acids is 1. The van der Waals surface area contributed by atoms with Crippen molar-refractivity contribution in [2.45, 2.75) is 43.7 Å². The fourth-order valence-corrected chi connectivity index (χ4v) is 5.63. The number of hydrogen-bond acceptors (Lipinski definition) is 5. The van der Waals surface area contributed by atoms with Gasteiger partial charge in [-0.1, -0.05) is 55.3 Å². The molecule has 5 rings (SSSR count). The van der Waals surface area contributed by atoms with Gasteiger partial charge in [0.2, 0.25) is 5.91 Å². The van der Waals surface area contributed by atoms with Gasteiger partial charge in [-0.3, -0.25) is 19.4 Å². The summed E-state index contributed by atoms with van der Waals surface area (Å²) >= 11 is 0. The van der Waals surface area contributed by atoms with Crippen molar-refractivity contribution >= 4 is 38.7 Å². The smallest absolute Gasteiger partial charge is 0.325 e. The molecule has 1 saturated heterocycles. The van der Waals surface area contributed by atoms with Gasteiger partial charge in [0.05, 0.1) is 11.4 Å². The lowest BCUT2D eigenvalue weighted by molar-refractivity contribution is -0.115. The van der Waals surface area contributed by atoms with Gasteiger partial charge < -0.3 is 5.32 Å². The fraction of sp³-hybridized carbons (Fsp3) is 0.310. The van der Waals surface area contributed by atoms with E-state index in [2.05, 4.69) is 10.2 Å². The highest BCUT2D eigenvalue weighted by Gasteiger charge is 2.46. The quantitative estimate of drug-likeness (QED) is 0.332. The summed E-state index contributed by atoms with van der Waals surface area (Å²) in [6.45, 7) is 3.01. The Bertz CT molecular complexity index is 1500. The third-order valence-electron chi connectivity index (χ3n) is 7.07. The number of nitrogens with one attached hydrogen (secondary N) is 2. The van der Waals surface area contributed by atoms with Gasteiger partial charge in [0.25, 0.3) is 0 Å². The molecule has 2 N–H and O–H groups in total. The zero-order valence-corrected chi connectivity index (χ0v) is 22.4. The summed E-state index contributed by atoms with van der Waals surface area (Å²) < 4.78 is 63.8. The normalized spacial score (nSPS) is 18.6. The molecule has 1 unspecified atom stereocenters. The maximum absolute atomic E-state index is 13.2. The van der Waals surface area contributed by atoms with Crippen LogP contribution < -0.4 is 10.0 Å². The number of likely N-dealkylation sites (tertiary alicyclic amines) is 1. The first-order valence-corrected chi connectivity index (χ1v) is 14.6. The third-order valence-corrected chi connectivity index (χ3v) is 8.19. The lowest BCUT2D eigenvalue weighted by Gasteiger charge is -2.19. The summed E-state index contributed by atoms with van der Waals surface area (Å²) in [5.74, 6) is -1.38. The van der Waals surface area contributed by atoms with E-state index in [1.54, 1.807) is 29.0 Å². The number of halogens is 3. The number of nitrogens with zero attached hydrogens (tertiary/aromatic N) is 2. The molecule has 40 heavy (non-hydrogen) atoms. The van der Waals surface area contributed by atoms with Crippen LogP contribution >= 0.6 is 0 Å². The molecular weight excluding hydrogens is 541 g/mol. The van der Waals surface area contributed by atoms with Crippen LogP contribution in [0.15, 0.2) is 77.8 Å². The minimum atomic E-state index is -5.63. The number of sulfonamides is 1. The van der Waals surface area contributed by atoms with Crippen LogP contribution in [0.2, 0.25) is 0 Å². The monoisotopic (exact) mass is 570 g/mol. The van der Waals surface area contributed by atoms with Crippen LogP contribution in [0.5, 0.6) is 0 Å². The second kappa shape index (κ2) is 11.4. The molecular formula is C29H29F3N4O3S. The first-order chi connectivity index (χ1) is 19.1. The van der Waals surface area contributed by atoms with E-state index in [9.17, 15) is 26.4 Å². The van der Waals surface area contributed by atoms with Crippen molar-refractivity contribution in [1.29, 1.82) is 0 Å². The van der Waals surface area contributed by atoms with Crippen LogP contribution in [-0.2, 0) is 21.4 Å². The average molecular weight is 571 g/mol. The number of anilines is 2. The zero-order chi connectivity index (χ0) is 28.3. The summed E-state index contributed by atoms with van der Waals surface area (Å²) in [6, 6.07) is 20.6. The molecule has 1 fully saturated rings. The average Bonchev–Trinajstić information content (AvgIpc) is 3.06. The van der Waals surface area contributed by atoms with Crippen molar-refractivity contribution in [2.75, 3.05) is 23.1 Å². The number of alkyl halides is 3. The van der Waals surface area contributed by atoms with Gasteiger partial charge in [-0.2, -0.15) is 21.6 Å². The molecule has 2 heterocycles. The van der Waals surface area contributed by atoms with Crippen LogP contribution in [0.1, 0.15) is 48.3 Å². The van der Waals surface area contributed by atoms with Gasteiger partial charge in [-0.05, 0) is 73.0 Å². The highest BCUT2D eigenvalue weighted by atomic mass is 32.2. The molecule has 2 aliphatic heterocycles. The van der Waals surface area contributed by atoms with E-state index in [1.165, 1.54) is 43.9 Å². The van der Waals surface area contributed by atoms with E-state index >= 15 is 0 Å². The van der Waals surface area contributed by atoms with Gasteiger partial charge >= 0.3 is 15.5 Å². The predicted molar refractivity (Wildman–Crippen MR) is 149 cm³/mol. The number of fused-ring (bicyclic) bond motifs is 1. The maximum atomic E-state index is 13.2. The van der Waals surface area contributed by atoms with Gasteiger partial charge in [-0.25, -0.2) is 0 Å². The SMILES string of the molecule is O=C1Nc2ccc(NS(=O)(=O)C(F)(F)F)cc2C1C(=Nc1ccc(CN2CCCCCC2)cc1)c1ccccc1. The molecule has 0 bridgehead atoms. The van der Waals surface area contributed by atoms with E-state index < -0.39 is 27.4 Å². The molecule has 210 valence electrons. The summed E-state index contributed by atoms with van der Waals surface area (Å²) in [6.07, 6.45) is 4.93. The minimum Gasteiger partial charge on any atom is -0.325 e. The van der Waals surface area contributed by atoms with Crippen molar-refractivity contribution in [2.24, 2.45) is 4.99 Å². The summed E-state index contributed by atoms with van der Waals surface area (Å²) in [7, 11) is -5.63. The van der Waals surface area contributed by atoms with Crippen molar-refractivity contribution in [3.8, 4) is 0 Å². The molecule has 1 atom stereocenters. The van der Waals surface area contributed by atoms with Crippen molar-refractivity contribution < 1.29 is 26.4 Å². The molecule has 7 nitrogen and oxygen atoms in total. The number of rotatable bonds is 7. The Kier molecular flexibility index (Phi) is 7.95. The van der Waals surface area contributed by atoms with Crippen LogP contribution in [0.4, 0.5) is 30.2 Å². The van der Waals surface area contributed by atoms with E-state index in [0.717, 1.165) is 25.2 Å². The van der Waals surface area contributed by atoms with E-state index in [-0.39, 0.29) is 5.69 Å². The lowest BCUT2D eigenvalue weighted by Crippen LogP contribution is -2.30. The number of aliphatic imine (C=N–C) groups is 1. The first kappa shape index (κ1) is 27.9. The Hall–Kier alpha value is -3.70. The summed E-state index contributed by atoms with van der Waals surface area (Å²) in [5.41, 5.74) is -2.24. The molecule has 11 heteroatoms. The van der Waals surface area contributed by atoms with Crippen LogP contribution in [0.3, 0.4) is 0 Å². The highest BCUT2D eigenvalue weighted by Crippen LogP contribution is 2.38. The molecule has 0 aromatic heterocycles. The number of hydrogen-bond donors (Lipinski definition) is 2. The first-order valence-electron chi connectivity index (χ1n) is 13.1. The third kappa shape index (κ3) is 6.20. The van der Waals surface area contributed by atoms with Crippen molar-refractivity contribution in [3.05, 3.63) is 89.5 Å². The van der Waals surface area contributed by atoms with Crippen LogP contribution in [0, 0.1) is 0 Å². The Morgan fingerprint density at radius 1 is 0.950 bits per heavy atom. The van der Waals surface area contributed by atoms with E-state index in [4.69, 9.17) is 4.99 Å². The van der Waals surface area contributed by atoms with Crippen LogP contribution in [-0.4, -0.2) is 43.5 Å². The lowest BCUT2D eigenvalue weighted by atomic mass is 9.90. The van der Waals surface area contributed by atoms with E-state index in [1.807, 2.05) is 30.3 Å². The Balaban J connectivity index is 1.48. The topological polar surface area (TPSA) is 90.9 Å². The molecule has 3 aromatic carbocycles. The highest BCUT2D eigenvalue weighted by molar-refractivity contribution is 7.93. The number of benzene rings is 3. The second-order valence-corrected chi connectivity index (χ2v) is 11.7. The van der Waals surface area contributed by atoms with Gasteiger partial charge in [0.15, 0.2) is 0 Å². The Morgan fingerprint density at radius 2 is 1.62 bits per heavy atom. The molecule has 0 saturated carbocycles. The second-order valence-electron chi connectivity index (χ2n) is 10.00. The molecule has 2 aliphatic rings. The number of carbonyl (C=O) groups is 1. The van der Waals surface area contributed by atoms with Gasteiger partial charge in [-0.15, -0.1) is 0 Å². The molecule has 0 aliphatic carbocycles. The van der Waals surface area contributed by atoms with Crippen LogP contribution in [0.25, 0.3) is 0 Å². The summed E-state index contributed by atoms with van der Waals surface area (Å²) in [4.78, 5) is 20.5. The van der Waals surface area contributed by atoms with E-state index in [0.29, 0.717) is 28.2 Å². The molecule has 0 spiro atoms. The Morgan fingerprint density at radius 3 is 2.27 bits per heavy atom. The largest absolute Gasteiger partial charge is 0.516 e. The predicted octanol–water partition coefficient (Wildman–Crippen LogP) is 6.18. The van der Waals surface area contributed by atoms with Crippen molar-refractivity contribution in [3.63, 3.8) is 0 Å². The van der Waals surface area contributed by atoms with Gasteiger partial charge in [0, 0.05) is 17.9 Å². The van der Waals surface area contributed by atoms with Gasteiger partial charge in [0.1, 0.15) is 5.92 Å². The number of amides is 1. The fourth-order valence-electron chi connectivity index (χ4n) is 5.08. The van der Waals surface area contributed by atoms with Crippen molar-refractivity contribution in [1.82, 2.24) is 4.90 Å². The molecule has 1 amide bonds.